The van der Waals surface area contributed by atoms with Gasteiger partial charge in [-0.05, 0) is 135 Å². The number of thioether (sulfide) groups is 2. The Hall–Kier alpha value is -0.820. The number of nitrogens with zero attached hydrogens (tertiary/aromatic N) is 2. The summed E-state index contributed by atoms with van der Waals surface area (Å²) in [5, 5.41) is 0. The van der Waals surface area contributed by atoms with E-state index in [0.29, 0.717) is 32.0 Å². The molecule has 3 aromatic heterocycles. The minimum absolute atomic E-state index is 0.326. The molecule has 536 valence electrons. The Morgan fingerprint density at radius 3 is 0.895 bits per heavy atom. The van der Waals surface area contributed by atoms with Crippen molar-refractivity contribution in [1.29, 1.82) is 0 Å². The Labute approximate surface area is 620 Å². The molecule has 4 nitrogen and oxygen atoms in total. The molecule has 0 saturated heterocycles. The summed E-state index contributed by atoms with van der Waals surface area (Å²) in [5.74, 6) is 11.5. The summed E-state index contributed by atoms with van der Waals surface area (Å²) in [6.45, 7) is 39.1. The number of alkyl halides is 2. The van der Waals surface area contributed by atoms with Crippen molar-refractivity contribution in [3.05, 3.63) is 56.7 Å². The van der Waals surface area contributed by atoms with Gasteiger partial charge in [-0.15, -0.1) is 46.2 Å². The molecule has 0 fully saturated rings. The third-order valence-electron chi connectivity index (χ3n) is 22.8. The number of fused-ring (bicyclic) bond motifs is 5. The highest BCUT2D eigenvalue weighted by molar-refractivity contribution is 9.11. The number of aromatic nitrogens is 2. The summed E-state index contributed by atoms with van der Waals surface area (Å²) in [6.07, 6.45) is 43.2. The number of thiophene rings is 2. The molecule has 1 aromatic carbocycles. The maximum absolute atomic E-state index is 7.74. The van der Waals surface area contributed by atoms with Crippen molar-refractivity contribution in [3.63, 3.8) is 0 Å². The normalized spacial score (nSPS) is 22.1. The molecule has 10 atom stereocenters. The fraction of sp³-hybridized carbons (Fsp3) is 0.786. The van der Waals surface area contributed by atoms with E-state index in [1.54, 1.807) is 0 Å². The summed E-state index contributed by atoms with van der Waals surface area (Å²) >= 11 is 17.6. The van der Waals surface area contributed by atoms with E-state index in [2.05, 4.69) is 167 Å². The first-order chi connectivity index (χ1) is 45.4. The molecule has 0 aliphatic carbocycles. The van der Waals surface area contributed by atoms with Gasteiger partial charge in [0, 0.05) is 44.8 Å². The lowest BCUT2D eigenvalue weighted by molar-refractivity contribution is -0.0317. The van der Waals surface area contributed by atoms with E-state index in [4.69, 9.17) is 18.2 Å². The molecule has 0 N–H and O–H groups in total. The quantitative estimate of drug-likeness (QED) is 0.0411. The zero-order valence-electron chi connectivity index (χ0n) is 62.9. The second-order valence-electron chi connectivity index (χ2n) is 34.0. The molecule has 4 aliphatic rings. The highest BCUT2D eigenvalue weighted by atomic mass is 79.9. The molecule has 0 amide bonds. The van der Waals surface area contributed by atoms with Gasteiger partial charge in [0.15, 0.2) is 0 Å². The van der Waals surface area contributed by atoms with E-state index in [9.17, 15) is 0 Å². The Bertz CT molecular complexity index is 2720. The molecule has 4 aromatic rings. The van der Waals surface area contributed by atoms with E-state index < -0.39 is 0 Å². The highest BCUT2D eigenvalue weighted by Gasteiger charge is 2.48. The molecule has 10 unspecified atom stereocenters. The molecule has 7 heterocycles. The fourth-order valence-electron chi connectivity index (χ4n) is 16.2. The first kappa shape index (κ1) is 79.9. The first-order valence-electron chi connectivity index (χ1n) is 39.4. The van der Waals surface area contributed by atoms with Crippen LogP contribution in [0.2, 0.25) is 0 Å². The van der Waals surface area contributed by atoms with Gasteiger partial charge in [-0.2, -0.15) is 8.75 Å². The van der Waals surface area contributed by atoms with Crippen molar-refractivity contribution in [1.82, 2.24) is 8.75 Å². The summed E-state index contributed by atoms with van der Waals surface area (Å²) < 4.78 is 26.7. The number of rotatable bonds is 46. The average molecular weight is 1520 g/mol. The Balaban J connectivity index is 1.08. The summed E-state index contributed by atoms with van der Waals surface area (Å²) in [5.41, 5.74) is 6.69. The largest absolute Gasteiger partial charge is 0.486 e. The molecule has 0 saturated carbocycles. The summed E-state index contributed by atoms with van der Waals surface area (Å²) in [6, 6.07) is 10.0. The van der Waals surface area contributed by atoms with Gasteiger partial charge < -0.3 is 9.47 Å². The predicted octanol–water partition coefficient (Wildman–Crippen LogP) is 30.8. The zero-order valence-corrected chi connectivity index (χ0v) is 70.2. The molecule has 8 rings (SSSR count). The molecular weight excluding hydrogens is 1390 g/mol. The van der Waals surface area contributed by atoms with Gasteiger partial charge in [0.25, 0.3) is 0 Å². The maximum atomic E-state index is 7.74. The van der Waals surface area contributed by atoms with E-state index in [0.717, 1.165) is 96.9 Å². The van der Waals surface area contributed by atoms with Crippen molar-refractivity contribution < 1.29 is 9.47 Å². The smallest absolute Gasteiger partial charge is 0.135 e. The van der Waals surface area contributed by atoms with Crippen LogP contribution in [0.1, 0.15) is 350 Å². The monoisotopic (exact) mass is 1520 g/mol. The lowest BCUT2D eigenvalue weighted by Gasteiger charge is -2.40. The van der Waals surface area contributed by atoms with Crippen molar-refractivity contribution in [2.75, 3.05) is 0 Å². The summed E-state index contributed by atoms with van der Waals surface area (Å²) in [4.78, 5) is 8.25. The van der Waals surface area contributed by atoms with Gasteiger partial charge in [0.05, 0.1) is 39.6 Å². The van der Waals surface area contributed by atoms with Crippen LogP contribution in [0.3, 0.4) is 0 Å². The van der Waals surface area contributed by atoms with Crippen molar-refractivity contribution in [2.24, 2.45) is 71.0 Å². The van der Waals surface area contributed by atoms with Crippen LogP contribution in [-0.4, -0.2) is 17.1 Å². The van der Waals surface area contributed by atoms with E-state index in [1.807, 2.05) is 46.2 Å². The van der Waals surface area contributed by atoms with Crippen LogP contribution in [0, 0.1) is 71.0 Å². The van der Waals surface area contributed by atoms with Gasteiger partial charge in [-0.25, -0.2) is 0 Å². The van der Waals surface area contributed by atoms with Crippen LogP contribution in [0.25, 0.3) is 41.7 Å². The molecular formula is C84H134Br2N2O2S5. The van der Waals surface area contributed by atoms with Gasteiger partial charge in [0.2, 0.25) is 0 Å². The third kappa shape index (κ3) is 23.9. The topological polar surface area (TPSA) is 44.2 Å². The minimum atomic E-state index is -0.353. The molecule has 0 spiro atoms. The fourth-order valence-corrected chi connectivity index (χ4v) is 23.4. The Morgan fingerprint density at radius 1 is 0.379 bits per heavy atom. The van der Waals surface area contributed by atoms with Crippen LogP contribution in [0.4, 0.5) is 0 Å². The van der Waals surface area contributed by atoms with Crippen LogP contribution in [0.15, 0.2) is 35.8 Å². The Morgan fingerprint density at radius 2 is 0.632 bits per heavy atom. The predicted molar refractivity (Wildman–Crippen MR) is 434 cm³/mol. The number of allylic oxidation sites excluding steroid dienone is 2. The minimum Gasteiger partial charge on any atom is -0.486 e. The summed E-state index contributed by atoms with van der Waals surface area (Å²) in [7, 11) is 0. The van der Waals surface area contributed by atoms with Crippen LogP contribution in [0.5, 0.6) is 0 Å². The lowest BCUT2D eigenvalue weighted by Crippen LogP contribution is -2.33. The third-order valence-corrected chi connectivity index (χ3v) is 29.9. The molecule has 0 radical (unpaired) electrons. The number of halogens is 2. The van der Waals surface area contributed by atoms with Crippen molar-refractivity contribution >= 4 is 111 Å². The second-order valence-corrected chi connectivity index (χ2v) is 42.5. The van der Waals surface area contributed by atoms with Gasteiger partial charge in [0.1, 0.15) is 33.8 Å². The Kier molecular flexibility index (Phi) is 32.9. The van der Waals surface area contributed by atoms with Gasteiger partial charge >= 0.3 is 0 Å². The first-order valence-corrected chi connectivity index (χ1v) is 45.4. The number of benzene rings is 1. The van der Waals surface area contributed by atoms with Gasteiger partial charge in [-0.1, -0.05) is 309 Å². The van der Waals surface area contributed by atoms with E-state index in [-0.39, 0.29) is 11.2 Å². The molecule has 0 bridgehead atoms. The van der Waals surface area contributed by atoms with Crippen molar-refractivity contribution in [2.45, 2.75) is 349 Å². The van der Waals surface area contributed by atoms with Crippen LogP contribution in [-0.2, 0) is 20.7 Å². The number of ether oxygens (including phenoxy) is 2. The molecule has 95 heavy (non-hydrogen) atoms. The standard InChI is InChI=1S/C84H134Br2N2O2S5/c1-55(2)25-17-29-59(9)33-21-37-63(13)43-47-83(48-44-64(14)38-22-34-60(10)30-18-26-56(3)4)69-51-73(91-79(69)81-71(89-83)53-75(85)93-81)67-41-42-68(78-77(67)87-95-88-78)74-52-70-80(92-74)82-72(54-76(86)94-82)90-84(70,49-45-65(15)39-23-35-61(11)31-19-27-57(5)6)50-46-66(16)40-24-36-62(12)32-20-28-58(7)8/h41-42,51-52,55-66,75-76H,17-40,43-50,53-54H2,1-16H3. The number of hydrogen-bond acceptors (Lipinski definition) is 9. The van der Waals surface area contributed by atoms with E-state index >= 15 is 0 Å². The van der Waals surface area contributed by atoms with Crippen LogP contribution >= 0.6 is 89.8 Å². The SMILES string of the molecule is CC(C)CCCC(C)CCCC(C)CCC1(CCC(C)CCCC(C)CCCC(C)C)OC2=C(SC(Br)C2)c2sc(-c3ccc(-c4cc5c(s4)C4=C(CC(Br)S4)OC5(CCC(C)CCCC(C)CCCC(C)C)CCC(C)CCCC(C)CCCC(C)C)c4nsnc34)cc21. The van der Waals surface area contributed by atoms with E-state index in [1.165, 1.54) is 255 Å². The van der Waals surface area contributed by atoms with Crippen LogP contribution < -0.4 is 0 Å². The number of hydrogen-bond donors (Lipinski definition) is 0. The van der Waals surface area contributed by atoms with Gasteiger partial charge in [-0.3, -0.25) is 0 Å². The highest BCUT2D eigenvalue weighted by Crippen LogP contribution is 2.62. The zero-order chi connectivity index (χ0) is 68.4. The lowest BCUT2D eigenvalue weighted by atomic mass is 9.78. The second kappa shape index (κ2) is 39.2. The average Bonchev–Trinajstić information content (AvgIpc) is 1.60. The maximum Gasteiger partial charge on any atom is 0.135 e. The molecule has 11 heteroatoms. The molecule has 4 aliphatic heterocycles. The van der Waals surface area contributed by atoms with Crippen molar-refractivity contribution in [3.8, 4) is 20.9 Å².